The van der Waals surface area contributed by atoms with Crippen LogP contribution >= 0.6 is 11.8 Å². The van der Waals surface area contributed by atoms with Gasteiger partial charge >= 0.3 is 5.97 Å². The van der Waals surface area contributed by atoms with Gasteiger partial charge in [0, 0.05) is 11.5 Å². The maximum Gasteiger partial charge on any atom is 0.321 e. The van der Waals surface area contributed by atoms with Crippen molar-refractivity contribution in [3.8, 4) is 0 Å². The highest BCUT2D eigenvalue weighted by Crippen LogP contribution is 2.06. The van der Waals surface area contributed by atoms with Gasteiger partial charge in [0.2, 0.25) is 0 Å². The zero-order valence-corrected chi connectivity index (χ0v) is 9.25. The van der Waals surface area contributed by atoms with Crippen LogP contribution in [-0.4, -0.2) is 40.5 Å². The molecule has 0 aromatic heterocycles. The lowest BCUT2D eigenvalue weighted by molar-refractivity contribution is -0.137. The van der Waals surface area contributed by atoms with E-state index in [-0.39, 0.29) is 6.04 Å². The number of hydrogen-bond donors (Lipinski definition) is 3. The van der Waals surface area contributed by atoms with Crippen LogP contribution in [0.2, 0.25) is 0 Å². The van der Waals surface area contributed by atoms with Gasteiger partial charge in [-0.3, -0.25) is 9.79 Å². The zero-order chi connectivity index (χ0) is 11.1. The Morgan fingerprint density at radius 1 is 1.57 bits per heavy atom. The van der Waals surface area contributed by atoms with Gasteiger partial charge in [-0.1, -0.05) is 0 Å². The first-order valence-corrected chi connectivity index (χ1v) is 5.45. The number of nitrogens with zero attached hydrogens (tertiary/aromatic N) is 1. The van der Waals surface area contributed by atoms with Gasteiger partial charge in [-0.2, -0.15) is 11.8 Å². The molecule has 0 aromatic rings. The van der Waals surface area contributed by atoms with Crippen molar-refractivity contribution in [2.75, 3.05) is 11.5 Å². The largest absolute Gasteiger partial charge is 0.480 e. The highest BCUT2D eigenvalue weighted by molar-refractivity contribution is 7.99. The summed E-state index contributed by atoms with van der Waals surface area (Å²) in [4.78, 5) is 14.5. The van der Waals surface area contributed by atoms with Crippen LogP contribution in [0.25, 0.3) is 0 Å². The number of amidine groups is 1. The van der Waals surface area contributed by atoms with Gasteiger partial charge in [0.25, 0.3) is 0 Å². The van der Waals surface area contributed by atoms with Gasteiger partial charge in [0.1, 0.15) is 6.04 Å². The summed E-state index contributed by atoms with van der Waals surface area (Å²) in [5, 5.41) is 8.51. The van der Waals surface area contributed by atoms with Crippen molar-refractivity contribution >= 4 is 23.6 Å². The Morgan fingerprint density at radius 3 is 2.57 bits per heavy atom. The van der Waals surface area contributed by atoms with Crippen LogP contribution in [0.1, 0.15) is 13.8 Å². The SMILES string of the molecule is CC(N)=N[C@H](C)CSC[C@H](N)C(=O)O. The molecule has 0 bridgehead atoms. The molecule has 0 heterocycles. The molecule has 6 heteroatoms. The zero-order valence-electron chi connectivity index (χ0n) is 8.43. The molecule has 0 unspecified atom stereocenters. The van der Waals surface area contributed by atoms with Gasteiger partial charge in [0.15, 0.2) is 0 Å². The monoisotopic (exact) mass is 219 g/mol. The molecule has 5 N–H and O–H groups in total. The topological polar surface area (TPSA) is 102 Å². The molecule has 0 aliphatic carbocycles. The number of carbonyl (C=O) groups is 1. The van der Waals surface area contributed by atoms with Crippen LogP contribution in [0.4, 0.5) is 0 Å². The van der Waals surface area contributed by atoms with Gasteiger partial charge in [0.05, 0.1) is 11.9 Å². The summed E-state index contributed by atoms with van der Waals surface area (Å²) in [7, 11) is 0. The second-order valence-electron chi connectivity index (χ2n) is 3.10. The van der Waals surface area contributed by atoms with E-state index in [1.54, 1.807) is 6.92 Å². The van der Waals surface area contributed by atoms with Crippen molar-refractivity contribution in [2.45, 2.75) is 25.9 Å². The van der Waals surface area contributed by atoms with Crippen molar-refractivity contribution in [3.63, 3.8) is 0 Å². The highest BCUT2D eigenvalue weighted by Gasteiger charge is 2.11. The number of nitrogens with two attached hydrogens (primary N) is 2. The van der Waals surface area contributed by atoms with Gasteiger partial charge in [-0.15, -0.1) is 0 Å². The number of aliphatic carboxylic acids is 1. The molecule has 0 spiro atoms. The van der Waals surface area contributed by atoms with E-state index < -0.39 is 12.0 Å². The molecule has 0 saturated carbocycles. The minimum Gasteiger partial charge on any atom is -0.480 e. The molecule has 5 nitrogen and oxygen atoms in total. The van der Waals surface area contributed by atoms with Gasteiger partial charge in [-0.25, -0.2) is 0 Å². The van der Waals surface area contributed by atoms with Crippen molar-refractivity contribution in [3.05, 3.63) is 0 Å². The van der Waals surface area contributed by atoms with Crippen LogP contribution < -0.4 is 11.5 Å². The third kappa shape index (κ3) is 6.73. The molecule has 0 aliphatic heterocycles. The average molecular weight is 219 g/mol. The molecular formula is C8H17N3O2S. The van der Waals surface area contributed by atoms with Crippen molar-refractivity contribution < 1.29 is 9.90 Å². The Kier molecular flexibility index (Phi) is 6.31. The van der Waals surface area contributed by atoms with E-state index in [1.807, 2.05) is 6.92 Å². The van der Waals surface area contributed by atoms with E-state index in [4.69, 9.17) is 16.6 Å². The van der Waals surface area contributed by atoms with E-state index in [0.717, 1.165) is 5.75 Å². The summed E-state index contributed by atoms with van der Waals surface area (Å²) in [6, 6.07) is -0.693. The minimum absolute atomic E-state index is 0.103. The summed E-state index contributed by atoms with van der Waals surface area (Å²) in [6.45, 7) is 3.65. The molecule has 2 atom stereocenters. The van der Waals surface area contributed by atoms with Gasteiger partial charge < -0.3 is 16.6 Å². The van der Waals surface area contributed by atoms with Crippen molar-refractivity contribution in [1.82, 2.24) is 0 Å². The number of aliphatic imine (C=N–C) groups is 1. The molecule has 82 valence electrons. The molecule has 14 heavy (non-hydrogen) atoms. The third-order valence-corrected chi connectivity index (χ3v) is 2.71. The second kappa shape index (κ2) is 6.67. The summed E-state index contributed by atoms with van der Waals surface area (Å²) < 4.78 is 0. The van der Waals surface area contributed by atoms with Crippen LogP contribution in [0.3, 0.4) is 0 Å². The molecule has 0 aliphatic rings. The number of hydrogen-bond acceptors (Lipinski definition) is 4. The van der Waals surface area contributed by atoms with Crippen LogP contribution in [0.15, 0.2) is 4.99 Å². The summed E-state index contributed by atoms with van der Waals surface area (Å²) in [6.07, 6.45) is 0. The predicted molar refractivity (Wildman–Crippen MR) is 59.7 cm³/mol. The van der Waals surface area contributed by atoms with E-state index in [2.05, 4.69) is 4.99 Å². The Morgan fingerprint density at radius 2 is 2.14 bits per heavy atom. The maximum absolute atomic E-state index is 10.4. The summed E-state index contributed by atoms with van der Waals surface area (Å²) in [5.74, 6) is 0.707. The van der Waals surface area contributed by atoms with E-state index in [1.165, 1.54) is 11.8 Å². The molecule has 0 radical (unpaired) electrons. The van der Waals surface area contributed by atoms with Crippen molar-refractivity contribution in [1.29, 1.82) is 0 Å². The first-order valence-electron chi connectivity index (χ1n) is 4.29. The van der Waals surface area contributed by atoms with Crippen LogP contribution in [0, 0.1) is 0 Å². The first kappa shape index (κ1) is 13.2. The number of carboxylic acids is 1. The standard InChI is InChI=1S/C8H17N3O2S/c1-5(11-6(2)9)3-14-4-7(10)8(12)13/h5,7H,3-4,10H2,1-2H3,(H2,9,11)(H,12,13)/t5-,7+/m1/s1. The Bertz CT molecular complexity index is 217. The Hall–Kier alpha value is -0.750. The van der Waals surface area contributed by atoms with E-state index in [9.17, 15) is 4.79 Å². The summed E-state index contributed by atoms with van der Waals surface area (Å²) >= 11 is 1.47. The van der Waals surface area contributed by atoms with E-state index in [0.29, 0.717) is 11.6 Å². The fraction of sp³-hybridized carbons (Fsp3) is 0.750. The lowest BCUT2D eigenvalue weighted by Gasteiger charge is -2.08. The highest BCUT2D eigenvalue weighted by atomic mass is 32.2. The quantitative estimate of drug-likeness (QED) is 0.427. The third-order valence-electron chi connectivity index (χ3n) is 1.40. The molecule has 0 aromatic carbocycles. The maximum atomic E-state index is 10.4. The fourth-order valence-electron chi connectivity index (χ4n) is 0.822. The van der Waals surface area contributed by atoms with Gasteiger partial charge in [-0.05, 0) is 13.8 Å². The Labute approximate surface area is 87.9 Å². The van der Waals surface area contributed by atoms with E-state index >= 15 is 0 Å². The average Bonchev–Trinajstić information content (AvgIpc) is 2.02. The summed E-state index contributed by atoms with van der Waals surface area (Å²) in [5.41, 5.74) is 10.7. The fourth-order valence-corrected chi connectivity index (χ4v) is 1.77. The molecule has 0 rings (SSSR count). The van der Waals surface area contributed by atoms with Crippen LogP contribution in [0.5, 0.6) is 0 Å². The lowest BCUT2D eigenvalue weighted by atomic mass is 10.4. The van der Waals surface area contributed by atoms with Crippen LogP contribution in [-0.2, 0) is 4.79 Å². The molecule has 0 saturated heterocycles. The van der Waals surface area contributed by atoms with Crippen molar-refractivity contribution in [2.24, 2.45) is 16.5 Å². The Balaban J connectivity index is 3.64. The smallest absolute Gasteiger partial charge is 0.321 e. The predicted octanol–water partition coefficient (Wildman–Crippen LogP) is -0.103. The lowest BCUT2D eigenvalue weighted by Crippen LogP contribution is -2.32. The number of rotatable bonds is 6. The number of carboxylic acid groups (broad SMARTS) is 1. The normalized spacial score (nSPS) is 16.4. The number of thioether (sulfide) groups is 1. The molecule has 0 amide bonds. The second-order valence-corrected chi connectivity index (χ2v) is 4.18. The molecule has 0 fully saturated rings. The minimum atomic E-state index is -0.969. The molecular weight excluding hydrogens is 202 g/mol. The first-order chi connectivity index (χ1) is 6.43.